The maximum atomic E-state index is 12.6. The Morgan fingerprint density at radius 2 is 1.81 bits per heavy atom. The van der Waals surface area contributed by atoms with Gasteiger partial charge < -0.3 is 14.4 Å². The molecule has 0 unspecified atom stereocenters. The molecule has 1 aromatic carbocycles. The van der Waals surface area contributed by atoms with Gasteiger partial charge in [0.2, 0.25) is 5.91 Å². The molecule has 148 valence electrons. The van der Waals surface area contributed by atoms with Gasteiger partial charge in [-0.15, -0.1) is 0 Å². The maximum absolute atomic E-state index is 12.6. The SMILES string of the molecule is COc1ccc(CCC(=O)N2CC(N(CC3CC3)C3CCOCC3)C2)cc1. The highest BCUT2D eigenvalue weighted by molar-refractivity contribution is 5.77. The molecule has 0 N–H and O–H groups in total. The summed E-state index contributed by atoms with van der Waals surface area (Å²) < 4.78 is 10.7. The Labute approximate surface area is 162 Å². The Bertz CT molecular complexity index is 617. The molecule has 2 heterocycles. The van der Waals surface area contributed by atoms with E-state index in [1.165, 1.54) is 24.9 Å². The normalized spacial score (nSPS) is 21.3. The number of benzene rings is 1. The number of likely N-dealkylation sites (tertiary alicyclic amines) is 1. The van der Waals surface area contributed by atoms with Crippen molar-refractivity contribution in [1.29, 1.82) is 0 Å². The lowest BCUT2D eigenvalue weighted by Crippen LogP contribution is -2.64. The fraction of sp³-hybridized carbons (Fsp3) is 0.682. The Kier molecular flexibility index (Phi) is 5.98. The summed E-state index contributed by atoms with van der Waals surface area (Å²) in [6, 6.07) is 9.23. The van der Waals surface area contributed by atoms with E-state index in [9.17, 15) is 4.79 Å². The van der Waals surface area contributed by atoms with Crippen LogP contribution in [0.25, 0.3) is 0 Å². The number of aryl methyl sites for hydroxylation is 1. The van der Waals surface area contributed by atoms with Crippen molar-refractivity contribution >= 4 is 5.91 Å². The van der Waals surface area contributed by atoms with Gasteiger partial charge in [-0.25, -0.2) is 0 Å². The largest absolute Gasteiger partial charge is 0.497 e. The van der Waals surface area contributed by atoms with E-state index in [1.54, 1.807) is 7.11 Å². The van der Waals surface area contributed by atoms with Gasteiger partial charge in [-0.05, 0) is 55.7 Å². The summed E-state index contributed by atoms with van der Waals surface area (Å²) in [6.45, 7) is 4.83. The number of carbonyl (C=O) groups is 1. The fourth-order valence-corrected chi connectivity index (χ4v) is 4.28. The van der Waals surface area contributed by atoms with Crippen LogP contribution in [0.1, 0.15) is 37.7 Å². The summed E-state index contributed by atoms with van der Waals surface area (Å²) in [7, 11) is 1.67. The van der Waals surface area contributed by atoms with Crippen molar-refractivity contribution in [2.45, 2.75) is 50.6 Å². The molecule has 4 rings (SSSR count). The predicted molar refractivity (Wildman–Crippen MR) is 105 cm³/mol. The average Bonchev–Trinajstić information content (AvgIpc) is 3.49. The van der Waals surface area contributed by atoms with Crippen molar-refractivity contribution in [3.05, 3.63) is 29.8 Å². The molecular formula is C22H32N2O3. The standard InChI is InChI=1S/C22H32N2O3/c1-26-21-7-4-17(5-8-21)6-9-22(25)23-15-20(16-23)24(14-18-2-3-18)19-10-12-27-13-11-19/h4-5,7-8,18-20H,2-3,6,9-16H2,1H3. The van der Waals surface area contributed by atoms with Crippen LogP contribution in [-0.4, -0.2) is 67.7 Å². The first-order valence-corrected chi connectivity index (χ1v) is 10.5. The number of hydrogen-bond donors (Lipinski definition) is 0. The van der Waals surface area contributed by atoms with Gasteiger partial charge in [0.1, 0.15) is 5.75 Å². The third-order valence-corrected chi connectivity index (χ3v) is 6.30. The highest BCUT2D eigenvalue weighted by Gasteiger charge is 2.40. The summed E-state index contributed by atoms with van der Waals surface area (Å²) in [6.07, 6.45) is 6.46. The zero-order valence-electron chi connectivity index (χ0n) is 16.4. The van der Waals surface area contributed by atoms with E-state index in [-0.39, 0.29) is 0 Å². The van der Waals surface area contributed by atoms with E-state index in [4.69, 9.17) is 9.47 Å². The van der Waals surface area contributed by atoms with E-state index in [2.05, 4.69) is 4.90 Å². The molecule has 1 amide bonds. The molecule has 27 heavy (non-hydrogen) atoms. The lowest BCUT2D eigenvalue weighted by Gasteiger charge is -2.49. The molecule has 3 aliphatic rings. The molecule has 5 nitrogen and oxygen atoms in total. The number of carbonyl (C=O) groups excluding carboxylic acids is 1. The van der Waals surface area contributed by atoms with Crippen LogP contribution in [-0.2, 0) is 16.0 Å². The van der Waals surface area contributed by atoms with E-state index in [1.807, 2.05) is 29.2 Å². The van der Waals surface area contributed by atoms with E-state index in [0.29, 0.717) is 24.4 Å². The number of amides is 1. The molecule has 0 radical (unpaired) electrons. The first kappa shape index (κ1) is 18.8. The summed E-state index contributed by atoms with van der Waals surface area (Å²) >= 11 is 0. The second kappa shape index (κ2) is 8.61. The molecule has 0 atom stereocenters. The summed E-state index contributed by atoms with van der Waals surface area (Å²) in [5.41, 5.74) is 1.19. The zero-order chi connectivity index (χ0) is 18.6. The second-order valence-electron chi connectivity index (χ2n) is 8.28. The van der Waals surface area contributed by atoms with Gasteiger partial charge in [0.05, 0.1) is 7.11 Å². The summed E-state index contributed by atoms with van der Waals surface area (Å²) in [5, 5.41) is 0. The minimum atomic E-state index is 0.292. The van der Waals surface area contributed by atoms with Crippen LogP contribution in [0.4, 0.5) is 0 Å². The lowest BCUT2D eigenvalue weighted by molar-refractivity contribution is -0.140. The molecule has 0 spiro atoms. The van der Waals surface area contributed by atoms with Crippen molar-refractivity contribution in [3.63, 3.8) is 0 Å². The molecular weight excluding hydrogens is 340 g/mol. The highest BCUT2D eigenvalue weighted by atomic mass is 16.5. The smallest absolute Gasteiger partial charge is 0.223 e. The van der Waals surface area contributed by atoms with Crippen LogP contribution >= 0.6 is 0 Å². The van der Waals surface area contributed by atoms with E-state index in [0.717, 1.165) is 57.2 Å². The highest BCUT2D eigenvalue weighted by Crippen LogP contribution is 2.34. The van der Waals surface area contributed by atoms with Gasteiger partial charge in [-0.2, -0.15) is 0 Å². The molecule has 0 bridgehead atoms. The van der Waals surface area contributed by atoms with E-state index < -0.39 is 0 Å². The first-order chi connectivity index (χ1) is 13.2. The van der Waals surface area contributed by atoms with Crippen LogP contribution in [0.5, 0.6) is 5.75 Å². The second-order valence-corrected chi connectivity index (χ2v) is 8.28. The molecule has 3 fully saturated rings. The Hall–Kier alpha value is -1.59. The van der Waals surface area contributed by atoms with Crippen LogP contribution in [0.15, 0.2) is 24.3 Å². The van der Waals surface area contributed by atoms with Crippen LogP contribution in [0.3, 0.4) is 0 Å². The first-order valence-electron chi connectivity index (χ1n) is 10.5. The molecule has 1 aromatic rings. The molecule has 1 saturated carbocycles. The Morgan fingerprint density at radius 3 is 2.44 bits per heavy atom. The van der Waals surface area contributed by atoms with Crippen molar-refractivity contribution in [2.75, 3.05) is 40.0 Å². The third kappa shape index (κ3) is 4.82. The third-order valence-electron chi connectivity index (χ3n) is 6.30. The summed E-state index contributed by atoms with van der Waals surface area (Å²) in [4.78, 5) is 17.3. The van der Waals surface area contributed by atoms with Gasteiger partial charge in [-0.3, -0.25) is 9.69 Å². The predicted octanol–water partition coefficient (Wildman–Crippen LogP) is 2.73. The fourth-order valence-electron chi connectivity index (χ4n) is 4.28. The van der Waals surface area contributed by atoms with E-state index >= 15 is 0 Å². The van der Waals surface area contributed by atoms with Crippen molar-refractivity contribution < 1.29 is 14.3 Å². The quantitative estimate of drug-likeness (QED) is 0.704. The molecule has 2 aliphatic heterocycles. The van der Waals surface area contributed by atoms with Crippen molar-refractivity contribution in [1.82, 2.24) is 9.80 Å². The van der Waals surface area contributed by atoms with Crippen LogP contribution < -0.4 is 4.74 Å². The van der Waals surface area contributed by atoms with Gasteiger partial charge in [-0.1, -0.05) is 12.1 Å². The van der Waals surface area contributed by atoms with Crippen molar-refractivity contribution in [3.8, 4) is 5.75 Å². The molecule has 0 aromatic heterocycles. The minimum absolute atomic E-state index is 0.292. The van der Waals surface area contributed by atoms with Gasteiger partial charge in [0.15, 0.2) is 0 Å². The molecule has 1 aliphatic carbocycles. The number of ether oxygens (including phenoxy) is 2. The Balaban J connectivity index is 1.24. The topological polar surface area (TPSA) is 42.0 Å². The summed E-state index contributed by atoms with van der Waals surface area (Å²) in [5.74, 6) is 2.05. The van der Waals surface area contributed by atoms with Gasteiger partial charge in [0, 0.05) is 51.4 Å². The lowest BCUT2D eigenvalue weighted by atomic mass is 9.98. The minimum Gasteiger partial charge on any atom is -0.497 e. The zero-order valence-corrected chi connectivity index (χ0v) is 16.4. The van der Waals surface area contributed by atoms with Crippen molar-refractivity contribution in [2.24, 2.45) is 5.92 Å². The molecule has 5 heteroatoms. The van der Waals surface area contributed by atoms with Crippen LogP contribution in [0, 0.1) is 5.92 Å². The maximum Gasteiger partial charge on any atom is 0.223 e. The average molecular weight is 373 g/mol. The monoisotopic (exact) mass is 372 g/mol. The van der Waals surface area contributed by atoms with Gasteiger partial charge in [0.25, 0.3) is 0 Å². The molecule has 2 saturated heterocycles. The van der Waals surface area contributed by atoms with Crippen LogP contribution in [0.2, 0.25) is 0 Å². The Morgan fingerprint density at radius 1 is 1.11 bits per heavy atom. The number of methoxy groups -OCH3 is 1. The van der Waals surface area contributed by atoms with Gasteiger partial charge >= 0.3 is 0 Å². The number of nitrogens with zero attached hydrogens (tertiary/aromatic N) is 2. The number of hydrogen-bond acceptors (Lipinski definition) is 4. The number of rotatable bonds is 8.